The molecule has 90 valence electrons. The summed E-state index contributed by atoms with van der Waals surface area (Å²) in [5, 5.41) is 6.58. The molecular weight excluding hydrogens is 229 g/mol. The average Bonchev–Trinajstić information content (AvgIpc) is 2.62. The number of carbonyl (C=O) groups is 1. The van der Waals surface area contributed by atoms with Crippen molar-refractivity contribution in [2.75, 3.05) is 6.61 Å². The van der Waals surface area contributed by atoms with Gasteiger partial charge in [-0.1, -0.05) is 0 Å². The zero-order chi connectivity index (χ0) is 12.2. The van der Waals surface area contributed by atoms with E-state index >= 15 is 0 Å². The molecule has 16 heavy (non-hydrogen) atoms. The molecule has 0 fully saturated rings. The monoisotopic (exact) mass is 238 g/mol. The molecular formula is C8H9F3N2O3. The molecule has 0 bridgehead atoms. The van der Waals surface area contributed by atoms with Gasteiger partial charge < -0.3 is 9.15 Å². The van der Waals surface area contributed by atoms with Crippen molar-refractivity contribution in [2.45, 2.75) is 25.9 Å². The van der Waals surface area contributed by atoms with Crippen LogP contribution in [0.2, 0.25) is 0 Å². The quantitative estimate of drug-likeness (QED) is 0.747. The highest BCUT2D eigenvalue weighted by Crippen LogP contribution is 2.21. The highest BCUT2D eigenvalue weighted by Gasteiger charge is 2.28. The minimum Gasteiger partial charge on any atom is -0.459 e. The van der Waals surface area contributed by atoms with Crippen molar-refractivity contribution in [1.82, 2.24) is 10.2 Å². The zero-order valence-electron chi connectivity index (χ0n) is 8.37. The van der Waals surface area contributed by atoms with Gasteiger partial charge in [0.15, 0.2) is 0 Å². The average molecular weight is 238 g/mol. The zero-order valence-corrected chi connectivity index (χ0v) is 8.37. The predicted octanol–water partition coefficient (Wildman–Crippen LogP) is 1.74. The molecule has 0 aliphatic rings. The normalized spacial score (nSPS) is 11.5. The summed E-state index contributed by atoms with van der Waals surface area (Å²) in [6.45, 7) is 1.71. The fourth-order valence-corrected chi connectivity index (χ4v) is 0.879. The van der Waals surface area contributed by atoms with Crippen LogP contribution < -0.4 is 0 Å². The lowest BCUT2D eigenvalue weighted by Gasteiger charge is -2.01. The molecule has 1 rings (SSSR count). The van der Waals surface area contributed by atoms with E-state index in [1.165, 1.54) is 0 Å². The molecule has 0 atom stereocenters. The summed E-state index contributed by atoms with van der Waals surface area (Å²) in [6.07, 6.45) is -5.81. The lowest BCUT2D eigenvalue weighted by atomic mass is 10.3. The Morgan fingerprint density at radius 1 is 1.44 bits per heavy atom. The lowest BCUT2D eigenvalue weighted by molar-refractivity contribution is -0.134. The minimum absolute atomic E-state index is 0.124. The van der Waals surface area contributed by atoms with Crippen LogP contribution in [0.4, 0.5) is 13.2 Å². The van der Waals surface area contributed by atoms with E-state index in [2.05, 4.69) is 14.9 Å². The number of hydrogen-bond donors (Lipinski definition) is 0. The van der Waals surface area contributed by atoms with Gasteiger partial charge in [0.25, 0.3) is 0 Å². The van der Waals surface area contributed by atoms with Crippen molar-refractivity contribution in [3.8, 4) is 0 Å². The summed E-state index contributed by atoms with van der Waals surface area (Å²) in [7, 11) is 0. The molecule has 0 radical (unpaired) electrons. The molecule has 8 heteroatoms. The number of aryl methyl sites for hydroxylation is 1. The summed E-state index contributed by atoms with van der Waals surface area (Å²) >= 11 is 0. The van der Waals surface area contributed by atoms with Gasteiger partial charge in [-0.05, 0) is 6.92 Å². The van der Waals surface area contributed by atoms with Crippen LogP contribution in [0.15, 0.2) is 4.42 Å². The van der Waals surface area contributed by atoms with E-state index < -0.39 is 30.9 Å². The van der Waals surface area contributed by atoms with Gasteiger partial charge in [-0.3, -0.25) is 0 Å². The van der Waals surface area contributed by atoms with Crippen LogP contribution in [-0.4, -0.2) is 28.9 Å². The fourth-order valence-electron chi connectivity index (χ4n) is 0.879. The number of aromatic nitrogens is 2. The third-order valence-electron chi connectivity index (χ3n) is 1.54. The summed E-state index contributed by atoms with van der Waals surface area (Å²) in [6, 6.07) is 0. The molecule has 0 unspecified atom stereocenters. The van der Waals surface area contributed by atoms with E-state index in [0.717, 1.165) is 0 Å². The predicted molar refractivity (Wildman–Crippen MR) is 44.6 cm³/mol. The summed E-state index contributed by atoms with van der Waals surface area (Å²) in [4.78, 5) is 11.0. The van der Waals surface area contributed by atoms with Gasteiger partial charge in [-0.25, -0.2) is 4.79 Å². The van der Waals surface area contributed by atoms with Gasteiger partial charge in [0.1, 0.15) is 0 Å². The molecule has 0 spiro atoms. The van der Waals surface area contributed by atoms with E-state index in [9.17, 15) is 18.0 Å². The van der Waals surface area contributed by atoms with Crippen molar-refractivity contribution in [3.63, 3.8) is 0 Å². The van der Waals surface area contributed by atoms with Crippen LogP contribution in [0.25, 0.3) is 0 Å². The molecule has 1 aromatic rings. The summed E-state index contributed by atoms with van der Waals surface area (Å²) < 4.78 is 44.8. The first kappa shape index (κ1) is 12.5. The third kappa shape index (κ3) is 3.87. The first-order valence-corrected chi connectivity index (χ1v) is 4.48. The largest absolute Gasteiger partial charge is 0.459 e. The van der Waals surface area contributed by atoms with Crippen LogP contribution in [0, 0.1) is 0 Å². The summed E-state index contributed by atoms with van der Waals surface area (Å²) in [5.74, 6) is -1.51. The van der Waals surface area contributed by atoms with Crippen molar-refractivity contribution in [3.05, 3.63) is 11.8 Å². The lowest BCUT2D eigenvalue weighted by Crippen LogP contribution is -2.08. The Bertz CT molecular complexity index is 362. The van der Waals surface area contributed by atoms with Crippen LogP contribution in [0.3, 0.4) is 0 Å². The second-order valence-corrected chi connectivity index (χ2v) is 2.84. The number of halogens is 3. The fraction of sp³-hybridized carbons (Fsp3) is 0.625. The third-order valence-corrected chi connectivity index (χ3v) is 1.54. The molecule has 0 aliphatic carbocycles. The topological polar surface area (TPSA) is 65.2 Å². The van der Waals surface area contributed by atoms with Gasteiger partial charge in [-0.2, -0.15) is 13.2 Å². The Morgan fingerprint density at radius 2 is 2.12 bits per heavy atom. The smallest absolute Gasteiger partial charge is 0.396 e. The van der Waals surface area contributed by atoms with Crippen molar-refractivity contribution >= 4 is 5.97 Å². The van der Waals surface area contributed by atoms with Crippen molar-refractivity contribution < 1.29 is 27.1 Å². The number of nitrogens with zero attached hydrogens (tertiary/aromatic N) is 2. The van der Waals surface area contributed by atoms with Crippen LogP contribution >= 0.6 is 0 Å². The second-order valence-electron chi connectivity index (χ2n) is 2.84. The van der Waals surface area contributed by atoms with Gasteiger partial charge in [-0.15, -0.1) is 10.2 Å². The standard InChI is InChI=1S/C8H9F3N2O3/c1-2-15-7(14)6-13-12-5(16-6)3-4-8(9,10)11/h2-4H2,1H3. The number of rotatable bonds is 4. The van der Waals surface area contributed by atoms with E-state index in [4.69, 9.17) is 4.42 Å². The SMILES string of the molecule is CCOC(=O)c1nnc(CCC(F)(F)F)o1. The van der Waals surface area contributed by atoms with Gasteiger partial charge in [0.05, 0.1) is 13.0 Å². The van der Waals surface area contributed by atoms with E-state index in [0.29, 0.717) is 0 Å². The van der Waals surface area contributed by atoms with E-state index in [1.54, 1.807) is 6.92 Å². The molecule has 0 saturated carbocycles. The van der Waals surface area contributed by atoms with Crippen LogP contribution in [0.1, 0.15) is 29.9 Å². The number of esters is 1. The molecule has 0 N–H and O–H groups in total. The number of alkyl halides is 3. The molecule has 0 aromatic carbocycles. The Balaban J connectivity index is 2.55. The highest BCUT2D eigenvalue weighted by molar-refractivity contribution is 5.83. The Morgan fingerprint density at radius 3 is 2.69 bits per heavy atom. The number of hydrogen-bond acceptors (Lipinski definition) is 5. The van der Waals surface area contributed by atoms with Gasteiger partial charge in [0, 0.05) is 6.42 Å². The van der Waals surface area contributed by atoms with Gasteiger partial charge >= 0.3 is 18.0 Å². The summed E-state index contributed by atoms with van der Waals surface area (Å²) in [5.41, 5.74) is 0. The molecule has 0 saturated heterocycles. The van der Waals surface area contributed by atoms with Gasteiger partial charge in [0.2, 0.25) is 5.89 Å². The molecule has 1 aromatic heterocycles. The van der Waals surface area contributed by atoms with Crippen LogP contribution in [-0.2, 0) is 11.2 Å². The first-order chi connectivity index (χ1) is 7.42. The maximum atomic E-state index is 11.8. The maximum absolute atomic E-state index is 11.8. The highest BCUT2D eigenvalue weighted by atomic mass is 19.4. The molecule has 5 nitrogen and oxygen atoms in total. The van der Waals surface area contributed by atoms with Crippen molar-refractivity contribution in [2.24, 2.45) is 0 Å². The Labute approximate surface area is 88.6 Å². The number of carbonyl (C=O) groups excluding carboxylic acids is 1. The number of ether oxygens (including phenoxy) is 1. The van der Waals surface area contributed by atoms with Crippen molar-refractivity contribution in [1.29, 1.82) is 0 Å². The molecule has 0 aliphatic heterocycles. The maximum Gasteiger partial charge on any atom is 0.396 e. The van der Waals surface area contributed by atoms with Crippen LogP contribution in [0.5, 0.6) is 0 Å². The Kier molecular flexibility index (Phi) is 3.86. The first-order valence-electron chi connectivity index (χ1n) is 4.48. The minimum atomic E-state index is -4.29. The Hall–Kier alpha value is -1.60. The van der Waals surface area contributed by atoms with E-state index in [1.807, 2.05) is 0 Å². The molecule has 0 amide bonds. The van der Waals surface area contributed by atoms with E-state index in [-0.39, 0.29) is 12.5 Å². The second kappa shape index (κ2) is 4.95. The molecule has 1 heterocycles.